The summed E-state index contributed by atoms with van der Waals surface area (Å²) < 4.78 is 0. The third-order valence-electron chi connectivity index (χ3n) is 3.13. The van der Waals surface area contributed by atoms with Crippen molar-refractivity contribution in [2.75, 3.05) is 16.9 Å². The van der Waals surface area contributed by atoms with Crippen LogP contribution in [0.2, 0.25) is 0 Å². The largest absolute Gasteiger partial charge is 0.352 e. The van der Waals surface area contributed by atoms with E-state index in [1.165, 1.54) is 12.8 Å². The summed E-state index contributed by atoms with van der Waals surface area (Å²) in [7, 11) is 0. The van der Waals surface area contributed by atoms with E-state index in [1.54, 1.807) is 0 Å². The highest BCUT2D eigenvalue weighted by Gasteiger charge is 2.30. The summed E-state index contributed by atoms with van der Waals surface area (Å²) in [5.74, 6) is 7.78. The van der Waals surface area contributed by atoms with Gasteiger partial charge in [-0.1, -0.05) is 6.92 Å². The minimum atomic E-state index is 0.509. The van der Waals surface area contributed by atoms with Crippen molar-refractivity contribution in [3.05, 3.63) is 11.9 Å². The fourth-order valence-corrected chi connectivity index (χ4v) is 2.08. The van der Waals surface area contributed by atoms with Gasteiger partial charge in [-0.2, -0.15) is 5.26 Å². The molecule has 0 bridgehead atoms. The molecule has 0 spiro atoms. The molecule has 6 nitrogen and oxygen atoms in total. The maximum atomic E-state index is 8.76. The van der Waals surface area contributed by atoms with Crippen molar-refractivity contribution in [3.8, 4) is 6.07 Å². The van der Waals surface area contributed by atoms with Gasteiger partial charge in [0.15, 0.2) is 0 Å². The standard InChI is InChI=1S/C13H20N6/c1-2-4-11-16-12(18-15)9-13(17-11)19(8-3-7-14)10-5-6-10/h9-10H,2-6,8,15H2,1H3,(H,16,17,18). The third-order valence-corrected chi connectivity index (χ3v) is 3.13. The van der Waals surface area contributed by atoms with Crippen LogP contribution in [0.1, 0.15) is 38.4 Å². The van der Waals surface area contributed by atoms with E-state index in [0.717, 1.165) is 24.5 Å². The van der Waals surface area contributed by atoms with Gasteiger partial charge in [0.1, 0.15) is 17.5 Å². The number of rotatable bonds is 7. The summed E-state index contributed by atoms with van der Waals surface area (Å²) in [6.45, 7) is 2.81. The Labute approximate surface area is 113 Å². The fraction of sp³-hybridized carbons (Fsp3) is 0.615. The highest BCUT2D eigenvalue weighted by molar-refractivity contribution is 5.50. The lowest BCUT2D eigenvalue weighted by Gasteiger charge is -2.23. The highest BCUT2D eigenvalue weighted by Crippen LogP contribution is 2.31. The average Bonchev–Trinajstić information content (AvgIpc) is 3.24. The molecule has 1 heterocycles. The molecule has 0 unspecified atom stereocenters. The summed E-state index contributed by atoms with van der Waals surface area (Å²) in [6, 6.07) is 4.57. The smallest absolute Gasteiger partial charge is 0.145 e. The first-order chi connectivity index (χ1) is 9.28. The van der Waals surface area contributed by atoms with E-state index in [4.69, 9.17) is 11.1 Å². The topological polar surface area (TPSA) is 90.9 Å². The van der Waals surface area contributed by atoms with Gasteiger partial charge in [0.05, 0.1) is 12.5 Å². The lowest BCUT2D eigenvalue weighted by Crippen LogP contribution is -2.28. The molecule has 1 aliphatic rings. The molecule has 1 aromatic rings. The zero-order valence-electron chi connectivity index (χ0n) is 11.3. The van der Waals surface area contributed by atoms with E-state index in [9.17, 15) is 0 Å². The van der Waals surface area contributed by atoms with Crippen molar-refractivity contribution in [2.45, 2.75) is 45.1 Å². The van der Waals surface area contributed by atoms with Crippen molar-refractivity contribution >= 4 is 11.6 Å². The van der Waals surface area contributed by atoms with Crippen molar-refractivity contribution in [1.82, 2.24) is 9.97 Å². The first kappa shape index (κ1) is 13.6. The molecule has 102 valence electrons. The van der Waals surface area contributed by atoms with Gasteiger partial charge in [-0.15, -0.1) is 0 Å². The molecule has 0 aromatic carbocycles. The molecular formula is C13H20N6. The number of nitrogens with two attached hydrogens (primary N) is 1. The minimum Gasteiger partial charge on any atom is -0.352 e. The van der Waals surface area contributed by atoms with E-state index >= 15 is 0 Å². The zero-order valence-corrected chi connectivity index (χ0v) is 11.3. The van der Waals surface area contributed by atoms with Crippen LogP contribution >= 0.6 is 0 Å². The van der Waals surface area contributed by atoms with Gasteiger partial charge in [0.25, 0.3) is 0 Å². The second-order valence-corrected chi connectivity index (χ2v) is 4.75. The number of hydrogen-bond donors (Lipinski definition) is 2. The van der Waals surface area contributed by atoms with Crippen molar-refractivity contribution < 1.29 is 0 Å². The second-order valence-electron chi connectivity index (χ2n) is 4.75. The Morgan fingerprint density at radius 2 is 2.32 bits per heavy atom. The second kappa shape index (κ2) is 6.34. The van der Waals surface area contributed by atoms with Crippen LogP contribution in [0.4, 0.5) is 11.6 Å². The van der Waals surface area contributed by atoms with Gasteiger partial charge in [0, 0.05) is 25.1 Å². The van der Waals surface area contributed by atoms with E-state index < -0.39 is 0 Å². The van der Waals surface area contributed by atoms with Gasteiger partial charge in [-0.25, -0.2) is 15.8 Å². The number of hydrogen-bond acceptors (Lipinski definition) is 6. The van der Waals surface area contributed by atoms with Crippen LogP contribution < -0.4 is 16.2 Å². The molecule has 1 aromatic heterocycles. The van der Waals surface area contributed by atoms with Gasteiger partial charge < -0.3 is 10.3 Å². The molecule has 0 amide bonds. The number of nitrogens with zero attached hydrogens (tertiary/aromatic N) is 4. The quantitative estimate of drug-likeness (QED) is 0.571. The Morgan fingerprint density at radius 3 is 2.89 bits per heavy atom. The Hall–Kier alpha value is -1.87. The summed E-state index contributed by atoms with van der Waals surface area (Å²) in [4.78, 5) is 11.1. The predicted octanol–water partition coefficient (Wildman–Crippen LogP) is 1.60. The number of anilines is 2. The molecule has 2 rings (SSSR count). The monoisotopic (exact) mass is 260 g/mol. The summed E-state index contributed by atoms with van der Waals surface area (Å²) in [5, 5.41) is 8.76. The van der Waals surface area contributed by atoms with Crippen molar-refractivity contribution in [2.24, 2.45) is 5.84 Å². The van der Waals surface area contributed by atoms with Gasteiger partial charge >= 0.3 is 0 Å². The van der Waals surface area contributed by atoms with Crippen LogP contribution in [0.3, 0.4) is 0 Å². The molecule has 0 radical (unpaired) electrons. The third kappa shape index (κ3) is 3.55. The van der Waals surface area contributed by atoms with E-state index in [1.807, 2.05) is 6.07 Å². The molecule has 0 saturated heterocycles. The summed E-state index contributed by atoms with van der Waals surface area (Å²) in [5.41, 5.74) is 2.59. The maximum absolute atomic E-state index is 8.76. The van der Waals surface area contributed by atoms with Crippen LogP contribution in [0.25, 0.3) is 0 Å². The molecule has 19 heavy (non-hydrogen) atoms. The molecule has 6 heteroatoms. The van der Waals surface area contributed by atoms with Gasteiger partial charge in [0.2, 0.25) is 0 Å². The lowest BCUT2D eigenvalue weighted by atomic mass is 10.3. The number of nitriles is 1. The Bertz CT molecular complexity index is 463. The lowest BCUT2D eigenvalue weighted by molar-refractivity contribution is 0.757. The van der Waals surface area contributed by atoms with Crippen molar-refractivity contribution in [1.29, 1.82) is 5.26 Å². The zero-order chi connectivity index (χ0) is 13.7. The van der Waals surface area contributed by atoms with Gasteiger partial charge in [-0.3, -0.25) is 0 Å². The number of nitrogen functional groups attached to an aromatic ring is 1. The Kier molecular flexibility index (Phi) is 4.53. The normalized spacial score (nSPS) is 13.9. The summed E-state index contributed by atoms with van der Waals surface area (Å²) in [6.07, 6.45) is 4.68. The number of aryl methyl sites for hydroxylation is 1. The van der Waals surface area contributed by atoms with Crippen LogP contribution in [0.5, 0.6) is 0 Å². The molecule has 0 atom stereocenters. The maximum Gasteiger partial charge on any atom is 0.145 e. The first-order valence-electron chi connectivity index (χ1n) is 6.76. The average molecular weight is 260 g/mol. The molecular weight excluding hydrogens is 240 g/mol. The molecule has 1 fully saturated rings. The number of nitrogens with one attached hydrogen (secondary N) is 1. The van der Waals surface area contributed by atoms with Crippen LogP contribution in [0.15, 0.2) is 6.07 Å². The van der Waals surface area contributed by atoms with Crippen molar-refractivity contribution in [3.63, 3.8) is 0 Å². The Balaban J connectivity index is 2.24. The predicted molar refractivity (Wildman–Crippen MR) is 74.4 cm³/mol. The molecule has 1 saturated carbocycles. The Morgan fingerprint density at radius 1 is 1.53 bits per heavy atom. The SMILES string of the molecule is CCCc1nc(NN)cc(N(CCC#N)C2CC2)n1. The van der Waals surface area contributed by atoms with Crippen LogP contribution in [-0.4, -0.2) is 22.6 Å². The fourth-order valence-electron chi connectivity index (χ4n) is 2.08. The highest BCUT2D eigenvalue weighted by atomic mass is 15.3. The molecule has 0 aliphatic heterocycles. The van der Waals surface area contributed by atoms with E-state index in [2.05, 4.69) is 33.3 Å². The summed E-state index contributed by atoms with van der Waals surface area (Å²) >= 11 is 0. The molecule has 3 N–H and O–H groups in total. The van der Waals surface area contributed by atoms with Gasteiger partial charge in [-0.05, 0) is 19.3 Å². The van der Waals surface area contributed by atoms with E-state index in [-0.39, 0.29) is 0 Å². The van der Waals surface area contributed by atoms with E-state index in [0.29, 0.717) is 24.8 Å². The minimum absolute atomic E-state index is 0.509. The first-order valence-corrected chi connectivity index (χ1v) is 6.76. The number of aromatic nitrogens is 2. The van der Waals surface area contributed by atoms with Crippen LogP contribution in [0, 0.1) is 11.3 Å². The van der Waals surface area contributed by atoms with Crippen LogP contribution in [-0.2, 0) is 6.42 Å². The molecule has 1 aliphatic carbocycles. The number of hydrazine groups is 1.